The van der Waals surface area contributed by atoms with E-state index in [4.69, 9.17) is 10.8 Å². The normalized spacial score (nSPS) is 23.7. The molecule has 1 saturated heterocycles. The van der Waals surface area contributed by atoms with Gasteiger partial charge in [0.25, 0.3) is 0 Å². The minimum atomic E-state index is -0.713. The smallest absolute Gasteiger partial charge is 0.303 e. The van der Waals surface area contributed by atoms with Crippen molar-refractivity contribution in [2.24, 2.45) is 11.7 Å². The molecule has 2 atom stereocenters. The van der Waals surface area contributed by atoms with E-state index in [0.717, 1.165) is 32.5 Å². The zero-order chi connectivity index (χ0) is 14.5. The van der Waals surface area contributed by atoms with Crippen LogP contribution in [0.1, 0.15) is 30.4 Å². The lowest BCUT2D eigenvalue weighted by atomic mass is 9.90. The van der Waals surface area contributed by atoms with Gasteiger partial charge in [-0.3, -0.25) is 9.69 Å². The summed E-state index contributed by atoms with van der Waals surface area (Å²) in [6, 6.07) is 8.56. The maximum Gasteiger partial charge on any atom is 0.303 e. The average molecular weight is 276 g/mol. The fourth-order valence-electron chi connectivity index (χ4n) is 3.04. The molecule has 0 aromatic heterocycles. The summed E-state index contributed by atoms with van der Waals surface area (Å²) >= 11 is 0. The first-order valence-corrected chi connectivity index (χ1v) is 7.29. The van der Waals surface area contributed by atoms with E-state index in [1.165, 1.54) is 11.1 Å². The van der Waals surface area contributed by atoms with E-state index in [1.807, 2.05) is 0 Å². The van der Waals surface area contributed by atoms with Crippen molar-refractivity contribution in [3.63, 3.8) is 0 Å². The van der Waals surface area contributed by atoms with Crippen LogP contribution in [0, 0.1) is 12.8 Å². The topological polar surface area (TPSA) is 66.6 Å². The van der Waals surface area contributed by atoms with Crippen LogP contribution >= 0.6 is 0 Å². The van der Waals surface area contributed by atoms with Gasteiger partial charge in [0.05, 0.1) is 0 Å². The van der Waals surface area contributed by atoms with Crippen molar-refractivity contribution in [2.75, 3.05) is 13.1 Å². The largest absolute Gasteiger partial charge is 0.481 e. The summed E-state index contributed by atoms with van der Waals surface area (Å²) in [5.74, 6) is -0.312. The van der Waals surface area contributed by atoms with Crippen LogP contribution in [0.3, 0.4) is 0 Å². The minimum absolute atomic E-state index is 0.159. The van der Waals surface area contributed by atoms with E-state index in [1.54, 1.807) is 0 Å². The second kappa shape index (κ2) is 6.86. The molecule has 1 heterocycles. The number of benzene rings is 1. The van der Waals surface area contributed by atoms with Crippen LogP contribution in [0.4, 0.5) is 0 Å². The number of carbonyl (C=O) groups is 1. The summed E-state index contributed by atoms with van der Waals surface area (Å²) in [5.41, 5.74) is 8.76. The Morgan fingerprint density at radius 2 is 2.15 bits per heavy atom. The molecule has 1 aromatic rings. The SMILES string of the molecule is Cc1ccccc1CN1CC(N)CC(CCC(=O)O)C1. The molecule has 1 aliphatic heterocycles. The van der Waals surface area contributed by atoms with Gasteiger partial charge in [-0.05, 0) is 36.8 Å². The first kappa shape index (κ1) is 15.0. The van der Waals surface area contributed by atoms with Gasteiger partial charge in [0.1, 0.15) is 0 Å². The number of nitrogens with zero attached hydrogens (tertiary/aromatic N) is 1. The van der Waals surface area contributed by atoms with Crippen molar-refractivity contribution in [3.8, 4) is 0 Å². The van der Waals surface area contributed by atoms with E-state index in [9.17, 15) is 4.79 Å². The first-order valence-electron chi connectivity index (χ1n) is 7.29. The first-order chi connectivity index (χ1) is 9.54. The predicted octanol–water partition coefficient (Wildman–Crippen LogP) is 2.01. The summed E-state index contributed by atoms with van der Waals surface area (Å²) in [4.78, 5) is 13.1. The second-order valence-corrected chi connectivity index (χ2v) is 5.91. The molecule has 3 N–H and O–H groups in total. The molecule has 2 rings (SSSR count). The van der Waals surface area contributed by atoms with E-state index in [2.05, 4.69) is 36.1 Å². The summed E-state index contributed by atoms with van der Waals surface area (Å²) < 4.78 is 0. The molecule has 0 spiro atoms. The third kappa shape index (κ3) is 4.32. The molecule has 4 nitrogen and oxygen atoms in total. The standard InChI is InChI=1S/C16H24N2O2/c1-12-4-2-3-5-14(12)10-18-9-13(6-7-16(19)20)8-15(17)11-18/h2-5,13,15H,6-11,17H2,1H3,(H,19,20). The van der Waals surface area contributed by atoms with Gasteiger partial charge in [0.2, 0.25) is 0 Å². The molecule has 0 amide bonds. The molecule has 20 heavy (non-hydrogen) atoms. The number of carboxylic acids is 1. The Balaban J connectivity index is 1.94. The summed E-state index contributed by atoms with van der Waals surface area (Å²) in [6.45, 7) is 4.89. The van der Waals surface area contributed by atoms with Crippen molar-refractivity contribution in [1.29, 1.82) is 0 Å². The number of hydrogen-bond donors (Lipinski definition) is 2. The van der Waals surface area contributed by atoms with Crippen LogP contribution < -0.4 is 5.73 Å². The zero-order valence-electron chi connectivity index (χ0n) is 12.1. The summed E-state index contributed by atoms with van der Waals surface area (Å²) in [6.07, 6.45) is 1.92. The van der Waals surface area contributed by atoms with Crippen molar-refractivity contribution < 1.29 is 9.90 Å². The molecule has 0 aliphatic carbocycles. The van der Waals surface area contributed by atoms with Crippen molar-refractivity contribution in [2.45, 2.75) is 38.8 Å². The number of nitrogens with two attached hydrogens (primary N) is 1. The zero-order valence-corrected chi connectivity index (χ0v) is 12.1. The maximum absolute atomic E-state index is 10.7. The highest BCUT2D eigenvalue weighted by Crippen LogP contribution is 2.22. The lowest BCUT2D eigenvalue weighted by Gasteiger charge is -2.36. The van der Waals surface area contributed by atoms with E-state index < -0.39 is 5.97 Å². The number of carboxylic acid groups (broad SMARTS) is 1. The molecule has 1 aliphatic rings. The Morgan fingerprint density at radius 1 is 1.40 bits per heavy atom. The van der Waals surface area contributed by atoms with Crippen LogP contribution in [0.25, 0.3) is 0 Å². The lowest BCUT2D eigenvalue weighted by molar-refractivity contribution is -0.137. The molecule has 1 aromatic carbocycles. The van der Waals surface area contributed by atoms with Crippen LogP contribution in [-0.2, 0) is 11.3 Å². The Kier molecular flexibility index (Phi) is 5.15. The van der Waals surface area contributed by atoms with Crippen molar-refractivity contribution >= 4 is 5.97 Å². The summed E-state index contributed by atoms with van der Waals surface area (Å²) in [5, 5.41) is 8.80. The molecule has 110 valence electrons. The van der Waals surface area contributed by atoms with Crippen LogP contribution in [0.5, 0.6) is 0 Å². The Bertz CT molecular complexity index is 462. The van der Waals surface area contributed by atoms with Gasteiger partial charge in [-0.15, -0.1) is 0 Å². The van der Waals surface area contributed by atoms with Gasteiger partial charge in [-0.1, -0.05) is 24.3 Å². The van der Waals surface area contributed by atoms with Crippen molar-refractivity contribution in [1.82, 2.24) is 4.90 Å². The number of rotatable bonds is 5. The number of likely N-dealkylation sites (tertiary alicyclic amines) is 1. The van der Waals surface area contributed by atoms with Gasteiger partial charge in [0, 0.05) is 32.1 Å². The van der Waals surface area contributed by atoms with Crippen LogP contribution in [0.15, 0.2) is 24.3 Å². The molecular weight excluding hydrogens is 252 g/mol. The van der Waals surface area contributed by atoms with Gasteiger partial charge in [-0.25, -0.2) is 0 Å². The molecule has 0 radical (unpaired) electrons. The Labute approximate surface area is 120 Å². The minimum Gasteiger partial charge on any atom is -0.481 e. The number of aliphatic carboxylic acids is 1. The molecule has 0 bridgehead atoms. The van der Waals surface area contributed by atoms with E-state index in [-0.39, 0.29) is 12.5 Å². The van der Waals surface area contributed by atoms with Gasteiger partial charge < -0.3 is 10.8 Å². The highest BCUT2D eigenvalue weighted by atomic mass is 16.4. The highest BCUT2D eigenvalue weighted by Gasteiger charge is 2.25. The van der Waals surface area contributed by atoms with E-state index in [0.29, 0.717) is 5.92 Å². The maximum atomic E-state index is 10.7. The average Bonchev–Trinajstić information content (AvgIpc) is 2.38. The molecule has 0 saturated carbocycles. The third-order valence-electron chi connectivity index (χ3n) is 4.07. The predicted molar refractivity (Wildman–Crippen MR) is 79.4 cm³/mol. The van der Waals surface area contributed by atoms with Gasteiger partial charge in [0.15, 0.2) is 0 Å². The fraction of sp³-hybridized carbons (Fsp3) is 0.562. The van der Waals surface area contributed by atoms with Crippen LogP contribution in [0.2, 0.25) is 0 Å². The fourth-order valence-corrected chi connectivity index (χ4v) is 3.04. The summed E-state index contributed by atoms with van der Waals surface area (Å²) in [7, 11) is 0. The number of aryl methyl sites for hydroxylation is 1. The monoisotopic (exact) mass is 276 g/mol. The van der Waals surface area contributed by atoms with Gasteiger partial charge >= 0.3 is 5.97 Å². The molecule has 1 fully saturated rings. The lowest BCUT2D eigenvalue weighted by Crippen LogP contribution is -2.46. The Hall–Kier alpha value is -1.39. The van der Waals surface area contributed by atoms with Crippen LogP contribution in [-0.4, -0.2) is 35.1 Å². The van der Waals surface area contributed by atoms with E-state index >= 15 is 0 Å². The number of piperidine rings is 1. The molecular formula is C16H24N2O2. The van der Waals surface area contributed by atoms with Crippen molar-refractivity contribution in [3.05, 3.63) is 35.4 Å². The van der Waals surface area contributed by atoms with Gasteiger partial charge in [-0.2, -0.15) is 0 Å². The Morgan fingerprint density at radius 3 is 2.85 bits per heavy atom. The second-order valence-electron chi connectivity index (χ2n) is 5.91. The number of hydrogen-bond acceptors (Lipinski definition) is 3. The molecule has 2 unspecified atom stereocenters. The third-order valence-corrected chi connectivity index (χ3v) is 4.07. The molecule has 4 heteroatoms. The quantitative estimate of drug-likeness (QED) is 0.863. The highest BCUT2D eigenvalue weighted by molar-refractivity contribution is 5.66.